The van der Waals surface area contributed by atoms with Gasteiger partial charge in [-0.25, -0.2) is 0 Å². The van der Waals surface area contributed by atoms with Gasteiger partial charge >= 0.3 is 5.97 Å². The Bertz CT molecular complexity index is 409. The Labute approximate surface area is 116 Å². The summed E-state index contributed by atoms with van der Waals surface area (Å²) in [5.74, 6) is -0.741. The van der Waals surface area contributed by atoms with Gasteiger partial charge in [0.1, 0.15) is 0 Å². The fourth-order valence-electron chi connectivity index (χ4n) is 2.89. The molecule has 0 fully saturated rings. The van der Waals surface area contributed by atoms with Crippen LogP contribution in [-0.2, 0) is 10.3 Å². The number of aryl methyl sites for hydroxylation is 1. The van der Waals surface area contributed by atoms with Gasteiger partial charge in [0.2, 0.25) is 0 Å². The molecule has 0 saturated heterocycles. The van der Waals surface area contributed by atoms with Crippen LogP contribution in [0, 0.1) is 6.92 Å². The van der Waals surface area contributed by atoms with Crippen LogP contribution in [0.15, 0.2) is 24.3 Å². The lowest BCUT2D eigenvalue weighted by Gasteiger charge is -2.42. The van der Waals surface area contributed by atoms with Gasteiger partial charge in [-0.1, -0.05) is 50.6 Å². The number of carboxylic acid groups (broad SMARTS) is 1. The SMILES string of the molecule is CCN(CC)C(CC)(CC(=O)O)c1ccc(C)cc1. The summed E-state index contributed by atoms with van der Waals surface area (Å²) < 4.78 is 0. The normalized spacial score (nSPS) is 14.4. The van der Waals surface area contributed by atoms with Gasteiger partial charge in [0.05, 0.1) is 12.0 Å². The predicted molar refractivity (Wildman–Crippen MR) is 78.3 cm³/mol. The third-order valence-corrected chi connectivity index (χ3v) is 3.99. The summed E-state index contributed by atoms with van der Waals surface area (Å²) in [6, 6.07) is 8.26. The fourth-order valence-corrected chi connectivity index (χ4v) is 2.89. The van der Waals surface area contributed by atoms with E-state index in [0.717, 1.165) is 25.1 Å². The molecule has 3 nitrogen and oxygen atoms in total. The highest BCUT2D eigenvalue weighted by Crippen LogP contribution is 2.35. The lowest BCUT2D eigenvalue weighted by atomic mass is 9.82. The highest BCUT2D eigenvalue weighted by Gasteiger charge is 2.37. The summed E-state index contributed by atoms with van der Waals surface area (Å²) in [7, 11) is 0. The third-order valence-electron chi connectivity index (χ3n) is 3.99. The van der Waals surface area contributed by atoms with E-state index in [1.165, 1.54) is 5.56 Å². The van der Waals surface area contributed by atoms with Crippen LogP contribution in [0.5, 0.6) is 0 Å². The van der Waals surface area contributed by atoms with Crippen LogP contribution in [0.1, 0.15) is 44.7 Å². The number of hydrogen-bond donors (Lipinski definition) is 1. The summed E-state index contributed by atoms with van der Waals surface area (Å²) in [6.07, 6.45) is 0.943. The zero-order valence-corrected chi connectivity index (χ0v) is 12.4. The van der Waals surface area contributed by atoms with Crippen molar-refractivity contribution in [2.45, 2.75) is 46.1 Å². The molecule has 1 N–H and O–H groups in total. The van der Waals surface area contributed by atoms with Crippen molar-refractivity contribution in [3.05, 3.63) is 35.4 Å². The molecule has 0 aliphatic carbocycles. The van der Waals surface area contributed by atoms with E-state index in [0.29, 0.717) is 0 Å². The van der Waals surface area contributed by atoms with E-state index in [1.54, 1.807) is 0 Å². The van der Waals surface area contributed by atoms with Crippen molar-refractivity contribution in [1.82, 2.24) is 4.90 Å². The average molecular weight is 263 g/mol. The van der Waals surface area contributed by atoms with Crippen molar-refractivity contribution in [3.8, 4) is 0 Å². The topological polar surface area (TPSA) is 40.5 Å². The lowest BCUT2D eigenvalue weighted by Crippen LogP contribution is -2.47. The zero-order chi connectivity index (χ0) is 14.5. The van der Waals surface area contributed by atoms with E-state index < -0.39 is 11.5 Å². The molecule has 0 radical (unpaired) electrons. The Hall–Kier alpha value is -1.35. The van der Waals surface area contributed by atoms with Crippen molar-refractivity contribution >= 4 is 5.97 Å². The summed E-state index contributed by atoms with van der Waals surface area (Å²) in [5.41, 5.74) is 1.90. The van der Waals surface area contributed by atoms with Crippen molar-refractivity contribution in [1.29, 1.82) is 0 Å². The number of aliphatic carboxylic acids is 1. The molecule has 0 aromatic heterocycles. The van der Waals surface area contributed by atoms with E-state index in [9.17, 15) is 9.90 Å². The zero-order valence-electron chi connectivity index (χ0n) is 12.4. The maximum Gasteiger partial charge on any atom is 0.305 e. The number of rotatable bonds is 7. The van der Waals surface area contributed by atoms with E-state index in [-0.39, 0.29) is 6.42 Å². The maximum atomic E-state index is 11.3. The molecule has 3 heteroatoms. The predicted octanol–water partition coefficient (Wildman–Crippen LogP) is 3.42. The van der Waals surface area contributed by atoms with Crippen LogP contribution in [-0.4, -0.2) is 29.1 Å². The second-order valence-corrected chi connectivity index (χ2v) is 4.99. The van der Waals surface area contributed by atoms with Crippen LogP contribution in [0.2, 0.25) is 0 Å². The standard InChI is InChI=1S/C16H25NO2/c1-5-16(12-15(18)19,17(6-2)7-3)14-10-8-13(4)9-11-14/h8-11H,5-7,12H2,1-4H3,(H,18,19). The summed E-state index contributed by atoms with van der Waals surface area (Å²) in [6.45, 7) is 10.00. The largest absolute Gasteiger partial charge is 0.481 e. The van der Waals surface area contributed by atoms with Crippen LogP contribution in [0.25, 0.3) is 0 Å². The van der Waals surface area contributed by atoms with Crippen molar-refractivity contribution < 1.29 is 9.90 Å². The second-order valence-electron chi connectivity index (χ2n) is 4.99. The van der Waals surface area contributed by atoms with E-state index in [1.807, 2.05) is 6.92 Å². The minimum absolute atomic E-state index is 0.147. The first-order valence-electron chi connectivity index (χ1n) is 7.04. The Morgan fingerprint density at radius 1 is 1.16 bits per heavy atom. The van der Waals surface area contributed by atoms with Crippen molar-refractivity contribution in [2.75, 3.05) is 13.1 Å². The molecule has 1 atom stereocenters. The smallest absolute Gasteiger partial charge is 0.305 e. The molecule has 0 bridgehead atoms. The maximum absolute atomic E-state index is 11.3. The Morgan fingerprint density at radius 2 is 1.68 bits per heavy atom. The Morgan fingerprint density at radius 3 is 2.05 bits per heavy atom. The van der Waals surface area contributed by atoms with Gasteiger partial charge in [0.25, 0.3) is 0 Å². The quantitative estimate of drug-likeness (QED) is 0.819. The summed E-state index contributed by atoms with van der Waals surface area (Å²) in [5, 5.41) is 9.31. The molecular formula is C16H25NO2. The van der Waals surface area contributed by atoms with Gasteiger partial charge in [-0.3, -0.25) is 9.69 Å². The Balaban J connectivity index is 3.29. The van der Waals surface area contributed by atoms with Gasteiger partial charge in [0.15, 0.2) is 0 Å². The van der Waals surface area contributed by atoms with Crippen LogP contribution in [0.4, 0.5) is 0 Å². The third kappa shape index (κ3) is 3.35. The molecule has 0 saturated carbocycles. The molecule has 0 aliphatic rings. The molecule has 1 unspecified atom stereocenters. The fraction of sp³-hybridized carbons (Fsp3) is 0.562. The highest BCUT2D eigenvalue weighted by atomic mass is 16.4. The minimum atomic E-state index is -0.741. The van der Waals surface area contributed by atoms with Crippen molar-refractivity contribution in [3.63, 3.8) is 0 Å². The monoisotopic (exact) mass is 263 g/mol. The molecule has 1 aromatic rings. The number of benzene rings is 1. The number of carbonyl (C=O) groups is 1. The van der Waals surface area contributed by atoms with Gasteiger partial charge in [-0.2, -0.15) is 0 Å². The van der Waals surface area contributed by atoms with Crippen molar-refractivity contribution in [2.24, 2.45) is 0 Å². The van der Waals surface area contributed by atoms with Gasteiger partial charge in [0, 0.05) is 0 Å². The molecular weight excluding hydrogens is 238 g/mol. The molecule has 19 heavy (non-hydrogen) atoms. The lowest BCUT2D eigenvalue weighted by molar-refractivity contribution is -0.141. The van der Waals surface area contributed by atoms with Gasteiger partial charge < -0.3 is 5.11 Å². The molecule has 1 aromatic carbocycles. The van der Waals surface area contributed by atoms with Crippen LogP contribution < -0.4 is 0 Å². The number of carboxylic acids is 1. The van der Waals surface area contributed by atoms with Crippen LogP contribution in [0.3, 0.4) is 0 Å². The van der Waals surface area contributed by atoms with Gasteiger partial charge in [-0.05, 0) is 32.0 Å². The summed E-state index contributed by atoms with van der Waals surface area (Å²) >= 11 is 0. The second kappa shape index (κ2) is 6.71. The highest BCUT2D eigenvalue weighted by molar-refractivity contribution is 5.69. The first kappa shape index (κ1) is 15.7. The average Bonchev–Trinajstić information content (AvgIpc) is 2.39. The molecule has 106 valence electrons. The number of hydrogen-bond acceptors (Lipinski definition) is 2. The van der Waals surface area contributed by atoms with Crippen LogP contribution >= 0.6 is 0 Å². The molecule has 0 aliphatic heterocycles. The minimum Gasteiger partial charge on any atom is -0.481 e. The van der Waals surface area contributed by atoms with E-state index in [4.69, 9.17) is 0 Å². The first-order valence-corrected chi connectivity index (χ1v) is 7.04. The molecule has 0 amide bonds. The molecule has 0 heterocycles. The van der Waals surface area contributed by atoms with E-state index in [2.05, 4.69) is 49.9 Å². The number of nitrogens with zero attached hydrogens (tertiary/aromatic N) is 1. The Kier molecular flexibility index (Phi) is 5.55. The van der Waals surface area contributed by atoms with E-state index >= 15 is 0 Å². The molecule has 0 spiro atoms. The summed E-state index contributed by atoms with van der Waals surface area (Å²) in [4.78, 5) is 13.6. The first-order chi connectivity index (χ1) is 9.00. The van der Waals surface area contributed by atoms with Gasteiger partial charge in [-0.15, -0.1) is 0 Å². The molecule has 1 rings (SSSR count).